The lowest BCUT2D eigenvalue weighted by Crippen LogP contribution is -2.35. The largest absolute Gasteiger partial charge is 0.343 e. The summed E-state index contributed by atoms with van der Waals surface area (Å²) in [5.74, 6) is -0.722. The van der Waals surface area contributed by atoms with Gasteiger partial charge < -0.3 is 5.32 Å². The van der Waals surface area contributed by atoms with Crippen LogP contribution in [0.2, 0.25) is 0 Å². The second kappa shape index (κ2) is 7.84. The lowest BCUT2D eigenvalue weighted by molar-refractivity contribution is -0.120. The third-order valence-electron chi connectivity index (χ3n) is 3.17. The molecule has 1 aromatic carbocycles. The summed E-state index contributed by atoms with van der Waals surface area (Å²) in [6.45, 7) is 3.66. The van der Waals surface area contributed by atoms with Gasteiger partial charge in [-0.3, -0.25) is 14.6 Å². The fraction of sp³-hybridized carbons (Fsp3) is 0.176. The topological polar surface area (TPSA) is 83.5 Å². The van der Waals surface area contributed by atoms with Gasteiger partial charge in [0.05, 0.1) is 12.3 Å². The minimum atomic E-state index is -0.390. The average molecular weight is 310 g/mol. The summed E-state index contributed by atoms with van der Waals surface area (Å²) in [6, 6.07) is 11.0. The average Bonchev–Trinajstić information content (AvgIpc) is 2.59. The molecule has 0 unspecified atom stereocenters. The zero-order valence-electron chi connectivity index (χ0n) is 13.0. The van der Waals surface area contributed by atoms with Crippen LogP contribution in [0.1, 0.15) is 28.4 Å². The maximum absolute atomic E-state index is 11.8. The van der Waals surface area contributed by atoms with Gasteiger partial charge in [-0.1, -0.05) is 29.8 Å². The number of hydrogen-bond donors (Lipinski definition) is 2. The second-order valence-electron chi connectivity index (χ2n) is 5.02. The van der Waals surface area contributed by atoms with E-state index in [2.05, 4.69) is 20.8 Å². The van der Waals surface area contributed by atoms with Gasteiger partial charge in [0.25, 0.3) is 11.8 Å². The summed E-state index contributed by atoms with van der Waals surface area (Å²) >= 11 is 0. The van der Waals surface area contributed by atoms with Crippen molar-refractivity contribution in [2.24, 2.45) is 5.10 Å². The molecule has 6 nitrogen and oxygen atoms in total. The summed E-state index contributed by atoms with van der Waals surface area (Å²) in [6.07, 6.45) is 3.04. The highest BCUT2D eigenvalue weighted by Gasteiger charge is 2.07. The number of amides is 2. The van der Waals surface area contributed by atoms with Crippen molar-refractivity contribution in [1.82, 2.24) is 15.7 Å². The van der Waals surface area contributed by atoms with E-state index >= 15 is 0 Å². The van der Waals surface area contributed by atoms with Crippen LogP contribution < -0.4 is 10.7 Å². The van der Waals surface area contributed by atoms with E-state index in [0.29, 0.717) is 11.3 Å². The lowest BCUT2D eigenvalue weighted by atomic mass is 10.1. The molecule has 1 heterocycles. The van der Waals surface area contributed by atoms with E-state index in [4.69, 9.17) is 0 Å². The molecule has 0 atom stereocenters. The lowest BCUT2D eigenvalue weighted by Gasteiger charge is -2.05. The van der Waals surface area contributed by atoms with E-state index in [1.54, 1.807) is 19.1 Å². The highest BCUT2D eigenvalue weighted by Crippen LogP contribution is 2.04. The van der Waals surface area contributed by atoms with Gasteiger partial charge in [-0.25, -0.2) is 5.43 Å². The van der Waals surface area contributed by atoms with Gasteiger partial charge in [0.15, 0.2) is 0 Å². The minimum Gasteiger partial charge on any atom is -0.343 e. The molecule has 0 spiro atoms. The first-order valence-electron chi connectivity index (χ1n) is 7.14. The standard InChI is InChI=1S/C17H18N4O2/c1-12-3-5-14(6-4-12)13(2)20-21-16(22)11-19-17(23)15-7-9-18-10-8-15/h3-10H,11H2,1-2H3,(H,19,23)(H,21,22)/b20-13+. The van der Waals surface area contributed by atoms with Gasteiger partial charge in [-0.2, -0.15) is 5.10 Å². The minimum absolute atomic E-state index is 0.147. The Morgan fingerprint density at radius 3 is 2.35 bits per heavy atom. The maximum atomic E-state index is 11.8. The summed E-state index contributed by atoms with van der Waals surface area (Å²) in [7, 11) is 0. The summed E-state index contributed by atoms with van der Waals surface area (Å²) in [5.41, 5.74) is 5.65. The highest BCUT2D eigenvalue weighted by molar-refractivity contribution is 6.00. The first-order chi connectivity index (χ1) is 11.1. The van der Waals surface area contributed by atoms with Gasteiger partial charge in [0, 0.05) is 18.0 Å². The zero-order chi connectivity index (χ0) is 16.7. The molecule has 0 aliphatic heterocycles. The van der Waals surface area contributed by atoms with Crippen LogP contribution in [0.3, 0.4) is 0 Å². The van der Waals surface area contributed by atoms with Gasteiger partial charge >= 0.3 is 0 Å². The normalized spacial score (nSPS) is 11.0. The smallest absolute Gasteiger partial charge is 0.259 e. The Bertz CT molecular complexity index is 709. The first kappa shape index (κ1) is 16.4. The molecule has 0 bridgehead atoms. The van der Waals surface area contributed by atoms with Crippen LogP contribution in [0.25, 0.3) is 0 Å². The van der Waals surface area contributed by atoms with Crippen molar-refractivity contribution in [2.45, 2.75) is 13.8 Å². The summed E-state index contributed by atoms with van der Waals surface area (Å²) in [5, 5.41) is 6.55. The van der Waals surface area contributed by atoms with Crippen molar-refractivity contribution in [3.05, 3.63) is 65.5 Å². The molecule has 2 aromatic rings. The van der Waals surface area contributed by atoms with E-state index in [9.17, 15) is 9.59 Å². The number of nitrogens with one attached hydrogen (secondary N) is 2. The monoisotopic (exact) mass is 310 g/mol. The predicted octanol–water partition coefficient (Wildman–Crippen LogP) is 1.66. The van der Waals surface area contributed by atoms with E-state index < -0.39 is 0 Å². The molecule has 2 amide bonds. The molecular formula is C17H18N4O2. The third kappa shape index (κ3) is 5.03. The molecule has 2 rings (SSSR count). The molecule has 0 radical (unpaired) electrons. The molecule has 0 saturated heterocycles. The quantitative estimate of drug-likeness (QED) is 0.651. The van der Waals surface area contributed by atoms with Crippen LogP contribution in [0, 0.1) is 6.92 Å². The van der Waals surface area contributed by atoms with E-state index in [0.717, 1.165) is 11.1 Å². The van der Waals surface area contributed by atoms with Crippen LogP contribution in [0.15, 0.2) is 53.9 Å². The summed E-state index contributed by atoms with van der Waals surface area (Å²) < 4.78 is 0. The Labute approximate surface area is 134 Å². The van der Waals surface area contributed by atoms with E-state index in [1.165, 1.54) is 12.4 Å². The number of hydrazone groups is 1. The van der Waals surface area contributed by atoms with Gasteiger partial charge in [-0.05, 0) is 31.5 Å². The zero-order valence-corrected chi connectivity index (χ0v) is 13.0. The number of benzene rings is 1. The second-order valence-corrected chi connectivity index (χ2v) is 5.02. The van der Waals surface area contributed by atoms with Crippen LogP contribution >= 0.6 is 0 Å². The van der Waals surface area contributed by atoms with Crippen LogP contribution in [0.5, 0.6) is 0 Å². The third-order valence-corrected chi connectivity index (χ3v) is 3.17. The molecule has 1 aromatic heterocycles. The van der Waals surface area contributed by atoms with Crippen LogP contribution in [-0.4, -0.2) is 29.1 Å². The van der Waals surface area contributed by atoms with E-state index in [1.807, 2.05) is 31.2 Å². The fourth-order valence-electron chi connectivity index (χ4n) is 1.81. The van der Waals surface area contributed by atoms with Crippen molar-refractivity contribution in [2.75, 3.05) is 6.54 Å². The molecule has 23 heavy (non-hydrogen) atoms. The Balaban J connectivity index is 1.84. The van der Waals surface area contributed by atoms with Gasteiger partial charge in [0.2, 0.25) is 0 Å². The Morgan fingerprint density at radius 1 is 1.04 bits per heavy atom. The van der Waals surface area contributed by atoms with Gasteiger partial charge in [-0.15, -0.1) is 0 Å². The number of hydrogen-bond acceptors (Lipinski definition) is 4. The number of aryl methyl sites for hydroxylation is 1. The van der Waals surface area contributed by atoms with E-state index in [-0.39, 0.29) is 18.4 Å². The molecule has 118 valence electrons. The molecule has 0 saturated carbocycles. The van der Waals surface area contributed by atoms with Crippen molar-refractivity contribution >= 4 is 17.5 Å². The van der Waals surface area contributed by atoms with Crippen LogP contribution in [-0.2, 0) is 4.79 Å². The molecular weight excluding hydrogens is 292 g/mol. The summed E-state index contributed by atoms with van der Waals surface area (Å²) in [4.78, 5) is 27.3. The molecule has 0 fully saturated rings. The Morgan fingerprint density at radius 2 is 1.70 bits per heavy atom. The van der Waals surface area contributed by atoms with Crippen molar-refractivity contribution < 1.29 is 9.59 Å². The Hall–Kier alpha value is -3.02. The number of aromatic nitrogens is 1. The highest BCUT2D eigenvalue weighted by atomic mass is 16.2. The van der Waals surface area contributed by atoms with Crippen molar-refractivity contribution in [3.8, 4) is 0 Å². The molecule has 6 heteroatoms. The number of carbonyl (C=O) groups is 2. The SMILES string of the molecule is C/C(=N\NC(=O)CNC(=O)c1ccncc1)c1ccc(C)cc1. The van der Waals surface area contributed by atoms with Crippen molar-refractivity contribution in [3.63, 3.8) is 0 Å². The number of rotatable bonds is 5. The van der Waals surface area contributed by atoms with Gasteiger partial charge in [0.1, 0.15) is 0 Å². The number of pyridine rings is 1. The van der Waals surface area contributed by atoms with Crippen molar-refractivity contribution in [1.29, 1.82) is 0 Å². The first-order valence-corrected chi connectivity index (χ1v) is 7.14. The fourth-order valence-corrected chi connectivity index (χ4v) is 1.81. The number of nitrogens with zero attached hydrogens (tertiary/aromatic N) is 2. The molecule has 0 aliphatic carbocycles. The Kier molecular flexibility index (Phi) is 5.57. The maximum Gasteiger partial charge on any atom is 0.259 e. The number of carbonyl (C=O) groups excluding carboxylic acids is 2. The predicted molar refractivity (Wildman–Crippen MR) is 88.1 cm³/mol. The molecule has 2 N–H and O–H groups in total. The van der Waals surface area contributed by atoms with Crippen LogP contribution in [0.4, 0.5) is 0 Å². The molecule has 0 aliphatic rings.